The van der Waals surface area contributed by atoms with Crippen LogP contribution in [0.4, 0.5) is 0 Å². The van der Waals surface area contributed by atoms with E-state index < -0.39 is 0 Å². The summed E-state index contributed by atoms with van der Waals surface area (Å²) in [5.41, 5.74) is 5.05. The number of hydrogen-bond acceptors (Lipinski definition) is 3. The lowest BCUT2D eigenvalue weighted by molar-refractivity contribution is -0.119. The van der Waals surface area contributed by atoms with Gasteiger partial charge in [-0.3, -0.25) is 4.79 Å². The predicted octanol–water partition coefficient (Wildman–Crippen LogP) is 5.71. The largest absolute Gasteiger partial charge is 0.349 e. The van der Waals surface area contributed by atoms with Gasteiger partial charge in [-0.15, -0.1) is 0 Å². The fourth-order valence-corrected chi connectivity index (χ4v) is 3.96. The van der Waals surface area contributed by atoms with Crippen molar-refractivity contribution < 1.29 is 4.79 Å². The maximum Gasteiger partial charge on any atom is 0.230 e. The van der Waals surface area contributed by atoms with E-state index in [0.29, 0.717) is 5.75 Å². The highest BCUT2D eigenvalue weighted by Gasteiger charge is 2.16. The number of thioether (sulfide) groups is 1. The van der Waals surface area contributed by atoms with Crippen LogP contribution in [0.25, 0.3) is 22.5 Å². The van der Waals surface area contributed by atoms with E-state index in [1.54, 1.807) is 0 Å². The summed E-state index contributed by atoms with van der Waals surface area (Å²) < 4.78 is 0. The molecule has 1 atom stereocenters. The maximum absolute atomic E-state index is 12.5. The van der Waals surface area contributed by atoms with Crippen LogP contribution in [0, 0.1) is 0 Å². The van der Waals surface area contributed by atoms with Crippen LogP contribution in [0.2, 0.25) is 0 Å². The molecule has 0 aliphatic carbocycles. The summed E-state index contributed by atoms with van der Waals surface area (Å²) in [7, 11) is 0. The van der Waals surface area contributed by atoms with Crippen LogP contribution in [0.3, 0.4) is 0 Å². The second-order valence-electron chi connectivity index (χ2n) is 6.99. The molecule has 0 bridgehead atoms. The maximum atomic E-state index is 12.5. The Morgan fingerprint density at radius 1 is 0.900 bits per heavy atom. The summed E-state index contributed by atoms with van der Waals surface area (Å²) in [6, 6.07) is 30.2. The number of carbonyl (C=O) groups excluding carboxylic acids is 1. The van der Waals surface area contributed by atoms with Crippen molar-refractivity contribution in [2.24, 2.45) is 0 Å². The zero-order valence-corrected chi connectivity index (χ0v) is 17.5. The average Bonchev–Trinajstić information content (AvgIpc) is 3.24. The highest BCUT2D eigenvalue weighted by Crippen LogP contribution is 2.32. The number of nitrogens with zero attached hydrogens (tertiary/aromatic N) is 1. The molecule has 1 aromatic heterocycles. The zero-order valence-electron chi connectivity index (χ0n) is 16.7. The van der Waals surface area contributed by atoms with Gasteiger partial charge in [0.1, 0.15) is 0 Å². The van der Waals surface area contributed by atoms with Crippen LogP contribution in [-0.2, 0) is 4.79 Å². The van der Waals surface area contributed by atoms with E-state index in [-0.39, 0.29) is 11.9 Å². The van der Waals surface area contributed by atoms with E-state index in [9.17, 15) is 4.79 Å². The minimum absolute atomic E-state index is 0.0183. The standard InChI is InChI=1S/C25H23N3OS/c1-18(19-11-5-2-6-12-19)26-22(29)17-30-25-27-23(20-13-7-3-8-14-20)24(28-25)21-15-9-4-10-16-21/h2-16,18H,17H2,1H3,(H,26,29)(H,27,28)/t18-/m0/s1. The van der Waals surface area contributed by atoms with Crippen molar-refractivity contribution in [3.05, 3.63) is 96.6 Å². The molecule has 0 aliphatic heterocycles. The van der Waals surface area contributed by atoms with E-state index in [0.717, 1.165) is 33.2 Å². The number of aromatic nitrogens is 2. The quantitative estimate of drug-likeness (QED) is 0.381. The van der Waals surface area contributed by atoms with E-state index in [4.69, 9.17) is 4.98 Å². The Hall–Kier alpha value is -3.31. The topological polar surface area (TPSA) is 57.8 Å². The molecule has 150 valence electrons. The van der Waals surface area contributed by atoms with Crippen molar-refractivity contribution in [3.8, 4) is 22.5 Å². The minimum Gasteiger partial charge on any atom is -0.349 e. The van der Waals surface area contributed by atoms with Gasteiger partial charge in [-0.2, -0.15) is 0 Å². The number of H-pyrrole nitrogens is 1. The third-order valence-electron chi connectivity index (χ3n) is 4.81. The number of benzene rings is 3. The monoisotopic (exact) mass is 413 g/mol. The first kappa shape index (κ1) is 20.0. The Balaban J connectivity index is 1.49. The molecule has 4 rings (SSSR count). The number of hydrogen-bond donors (Lipinski definition) is 2. The second-order valence-corrected chi connectivity index (χ2v) is 7.95. The van der Waals surface area contributed by atoms with Crippen LogP contribution < -0.4 is 5.32 Å². The molecular weight excluding hydrogens is 390 g/mol. The first-order valence-corrected chi connectivity index (χ1v) is 10.9. The summed E-state index contributed by atoms with van der Waals surface area (Å²) in [5, 5.41) is 3.78. The van der Waals surface area contributed by atoms with Crippen LogP contribution in [-0.4, -0.2) is 21.6 Å². The molecule has 0 unspecified atom stereocenters. The summed E-state index contributed by atoms with van der Waals surface area (Å²) in [6.45, 7) is 1.99. The van der Waals surface area contributed by atoms with Crippen molar-refractivity contribution in [2.45, 2.75) is 18.1 Å². The molecule has 3 aromatic carbocycles. The molecule has 30 heavy (non-hydrogen) atoms. The number of aromatic amines is 1. The third kappa shape index (κ3) is 4.81. The Kier molecular flexibility index (Phi) is 6.30. The molecule has 1 heterocycles. The van der Waals surface area contributed by atoms with Gasteiger partial charge in [-0.05, 0) is 12.5 Å². The smallest absolute Gasteiger partial charge is 0.230 e. The SMILES string of the molecule is C[C@H](NC(=O)CSc1nc(-c2ccccc2)c(-c2ccccc2)[nH]1)c1ccccc1. The average molecular weight is 414 g/mol. The normalized spacial score (nSPS) is 11.8. The first-order chi connectivity index (χ1) is 14.7. The molecule has 0 radical (unpaired) electrons. The summed E-state index contributed by atoms with van der Waals surface area (Å²) in [5.74, 6) is 0.280. The lowest BCUT2D eigenvalue weighted by Gasteiger charge is -2.13. The van der Waals surface area contributed by atoms with Gasteiger partial charge in [0, 0.05) is 11.1 Å². The number of nitrogens with one attached hydrogen (secondary N) is 2. The van der Waals surface area contributed by atoms with Crippen LogP contribution >= 0.6 is 11.8 Å². The fraction of sp³-hybridized carbons (Fsp3) is 0.120. The molecule has 5 heteroatoms. The van der Waals surface area contributed by atoms with E-state index in [1.807, 2.05) is 85.8 Å². The fourth-order valence-electron chi connectivity index (χ4n) is 3.28. The molecule has 0 saturated heterocycles. The van der Waals surface area contributed by atoms with Crippen molar-refractivity contribution in [1.29, 1.82) is 0 Å². The van der Waals surface area contributed by atoms with Gasteiger partial charge in [0.2, 0.25) is 5.91 Å². The van der Waals surface area contributed by atoms with Gasteiger partial charge in [-0.1, -0.05) is 103 Å². The number of amides is 1. The molecule has 0 aliphatic rings. The lowest BCUT2D eigenvalue weighted by atomic mass is 10.1. The van der Waals surface area contributed by atoms with E-state index in [2.05, 4.69) is 22.4 Å². The van der Waals surface area contributed by atoms with Crippen molar-refractivity contribution in [3.63, 3.8) is 0 Å². The van der Waals surface area contributed by atoms with Crippen LogP contribution in [0.15, 0.2) is 96.2 Å². The van der Waals surface area contributed by atoms with Gasteiger partial charge in [0.15, 0.2) is 5.16 Å². The van der Waals surface area contributed by atoms with Crippen molar-refractivity contribution >= 4 is 17.7 Å². The molecule has 2 N–H and O–H groups in total. The Bertz CT molecular complexity index is 1040. The molecule has 0 spiro atoms. The van der Waals surface area contributed by atoms with E-state index >= 15 is 0 Å². The number of carbonyl (C=O) groups is 1. The highest BCUT2D eigenvalue weighted by atomic mass is 32.2. The number of imidazole rings is 1. The summed E-state index contributed by atoms with van der Waals surface area (Å²) in [4.78, 5) is 20.7. The minimum atomic E-state index is -0.0318. The third-order valence-corrected chi connectivity index (χ3v) is 5.68. The van der Waals surface area contributed by atoms with Gasteiger partial charge in [0.25, 0.3) is 0 Å². The van der Waals surface area contributed by atoms with Crippen LogP contribution in [0.1, 0.15) is 18.5 Å². The Morgan fingerprint density at radius 2 is 1.47 bits per heavy atom. The molecule has 4 aromatic rings. The van der Waals surface area contributed by atoms with Crippen LogP contribution in [0.5, 0.6) is 0 Å². The zero-order chi connectivity index (χ0) is 20.8. The second kappa shape index (κ2) is 9.46. The molecule has 0 fully saturated rings. The van der Waals surface area contributed by atoms with Gasteiger partial charge in [-0.25, -0.2) is 4.98 Å². The van der Waals surface area contributed by atoms with E-state index in [1.165, 1.54) is 11.8 Å². The van der Waals surface area contributed by atoms with Gasteiger partial charge >= 0.3 is 0 Å². The van der Waals surface area contributed by atoms with Crippen molar-refractivity contribution in [2.75, 3.05) is 5.75 Å². The first-order valence-electron chi connectivity index (χ1n) is 9.88. The molecule has 0 saturated carbocycles. The van der Waals surface area contributed by atoms with Gasteiger partial charge in [0.05, 0.1) is 23.2 Å². The number of rotatable bonds is 7. The van der Waals surface area contributed by atoms with Gasteiger partial charge < -0.3 is 10.3 Å². The Morgan fingerprint density at radius 3 is 2.10 bits per heavy atom. The molecule has 1 amide bonds. The summed E-state index contributed by atoms with van der Waals surface area (Å²) >= 11 is 1.41. The predicted molar refractivity (Wildman–Crippen MR) is 123 cm³/mol. The summed E-state index contributed by atoms with van der Waals surface area (Å²) in [6.07, 6.45) is 0. The Labute approximate surface area is 180 Å². The molecular formula is C25H23N3OS. The molecule has 4 nitrogen and oxygen atoms in total. The van der Waals surface area contributed by atoms with Crippen molar-refractivity contribution in [1.82, 2.24) is 15.3 Å². The highest BCUT2D eigenvalue weighted by molar-refractivity contribution is 7.99. The lowest BCUT2D eigenvalue weighted by Crippen LogP contribution is -2.28.